The number of cyclic esters (lactones) is 1. The average molecular weight is 486 g/mol. The lowest BCUT2D eigenvalue weighted by Gasteiger charge is -2.35. The Bertz CT molecular complexity index is 1140. The van der Waals surface area contributed by atoms with Crippen LogP contribution in [0.25, 0.3) is 11.1 Å². The first kappa shape index (κ1) is 25.8. The van der Waals surface area contributed by atoms with Gasteiger partial charge in [0.25, 0.3) is 0 Å². The zero-order valence-corrected chi connectivity index (χ0v) is 19.2. The zero-order chi connectivity index (χ0) is 25.4. The summed E-state index contributed by atoms with van der Waals surface area (Å²) >= 11 is 0. The molecule has 1 aliphatic heterocycles. The first-order valence-electron chi connectivity index (χ1n) is 11.2. The van der Waals surface area contributed by atoms with Crippen LogP contribution in [0, 0.1) is 17.5 Å². The van der Waals surface area contributed by atoms with Gasteiger partial charge in [-0.15, -0.1) is 0 Å². The van der Waals surface area contributed by atoms with E-state index in [9.17, 15) is 22.8 Å². The van der Waals surface area contributed by atoms with E-state index in [2.05, 4.69) is 0 Å². The number of aliphatic carboxylic acids is 1. The third-order valence-corrected chi connectivity index (χ3v) is 5.71. The van der Waals surface area contributed by atoms with Gasteiger partial charge in [0.15, 0.2) is 0 Å². The Labute approximate surface area is 201 Å². The molecule has 5 nitrogen and oxygen atoms in total. The molecule has 3 aromatic rings. The van der Waals surface area contributed by atoms with Gasteiger partial charge in [0.1, 0.15) is 23.6 Å². The monoisotopic (exact) mass is 485 g/mol. The van der Waals surface area contributed by atoms with Crippen LogP contribution in [0.1, 0.15) is 37.8 Å². The van der Waals surface area contributed by atoms with Gasteiger partial charge < -0.3 is 14.7 Å². The van der Waals surface area contributed by atoms with E-state index in [1.807, 2.05) is 6.92 Å². The molecule has 1 fully saturated rings. The summed E-state index contributed by atoms with van der Waals surface area (Å²) in [7, 11) is 0. The number of carboxylic acid groups (broad SMARTS) is 1. The Morgan fingerprint density at radius 3 is 2.26 bits per heavy atom. The lowest BCUT2D eigenvalue weighted by molar-refractivity contribution is -0.137. The molecule has 1 aliphatic rings. The fourth-order valence-corrected chi connectivity index (χ4v) is 3.74. The number of halogens is 3. The Balaban J connectivity index is 0.000000420. The summed E-state index contributed by atoms with van der Waals surface area (Å²) in [5.41, 5.74) is 1.77. The highest BCUT2D eigenvalue weighted by atomic mass is 19.1. The Kier molecular flexibility index (Phi) is 8.89. The highest BCUT2D eigenvalue weighted by Gasteiger charge is 2.31. The van der Waals surface area contributed by atoms with Crippen LogP contribution in [0.5, 0.6) is 0 Å². The van der Waals surface area contributed by atoms with Crippen molar-refractivity contribution in [2.24, 2.45) is 0 Å². The van der Waals surface area contributed by atoms with E-state index in [0.29, 0.717) is 30.5 Å². The summed E-state index contributed by atoms with van der Waals surface area (Å²) in [6.07, 6.45) is -0.00285. The van der Waals surface area contributed by atoms with Crippen LogP contribution in [-0.2, 0) is 9.53 Å². The summed E-state index contributed by atoms with van der Waals surface area (Å²) < 4.78 is 44.3. The summed E-state index contributed by atoms with van der Waals surface area (Å²) in [4.78, 5) is 24.5. The summed E-state index contributed by atoms with van der Waals surface area (Å²) in [5.74, 6) is -2.35. The van der Waals surface area contributed by atoms with Crippen molar-refractivity contribution in [3.05, 3.63) is 95.8 Å². The van der Waals surface area contributed by atoms with Crippen LogP contribution in [0.3, 0.4) is 0 Å². The summed E-state index contributed by atoms with van der Waals surface area (Å²) in [5, 5.41) is 8.74. The first-order chi connectivity index (χ1) is 16.7. The largest absolute Gasteiger partial charge is 0.481 e. The minimum absolute atomic E-state index is 0.0328. The summed E-state index contributed by atoms with van der Waals surface area (Å²) in [6.45, 7) is 2.34. The van der Waals surface area contributed by atoms with Crippen LogP contribution in [0.2, 0.25) is 0 Å². The quantitative estimate of drug-likeness (QED) is 0.428. The lowest BCUT2D eigenvalue weighted by atomic mass is 9.99. The minimum atomic E-state index is -0.912. The average Bonchev–Trinajstić information content (AvgIpc) is 2.83. The van der Waals surface area contributed by atoms with Crippen molar-refractivity contribution < 1.29 is 32.6 Å². The molecule has 1 amide bonds. The van der Waals surface area contributed by atoms with Gasteiger partial charge in [-0.05, 0) is 48.7 Å². The predicted octanol–water partition coefficient (Wildman–Crippen LogP) is 6.59. The van der Waals surface area contributed by atoms with Crippen molar-refractivity contribution in [1.29, 1.82) is 0 Å². The zero-order valence-electron chi connectivity index (χ0n) is 19.2. The van der Waals surface area contributed by atoms with Crippen LogP contribution in [0.4, 0.5) is 18.0 Å². The minimum Gasteiger partial charge on any atom is -0.481 e. The standard InChI is InChI=1S/C21H21F2NO4.C6H5F/c1-13(24-11-10-17(28-21(24)27)7-9-20(25)26)14-2-4-15(5-3-14)18-8-6-16(22)12-19(18)23;7-6-4-2-1-3-5-6/h2-6,8,12-13,17H,7,9-11H2,1H3,(H,25,26);1-5H. The van der Waals surface area contributed by atoms with Crippen molar-refractivity contribution in [2.75, 3.05) is 6.54 Å². The Hall–Kier alpha value is -3.81. The van der Waals surface area contributed by atoms with Crippen molar-refractivity contribution in [3.63, 3.8) is 0 Å². The van der Waals surface area contributed by atoms with E-state index in [-0.39, 0.29) is 24.4 Å². The molecule has 3 aromatic carbocycles. The number of benzene rings is 3. The fraction of sp³-hybridized carbons (Fsp3) is 0.259. The molecule has 1 saturated heterocycles. The number of ether oxygens (including phenoxy) is 1. The van der Waals surface area contributed by atoms with E-state index >= 15 is 0 Å². The van der Waals surface area contributed by atoms with Crippen molar-refractivity contribution in [3.8, 4) is 11.1 Å². The summed E-state index contributed by atoms with van der Waals surface area (Å²) in [6, 6.07) is 18.2. The van der Waals surface area contributed by atoms with Crippen LogP contribution in [0.15, 0.2) is 72.8 Å². The molecule has 0 aliphatic carbocycles. The van der Waals surface area contributed by atoms with Gasteiger partial charge in [-0.2, -0.15) is 0 Å². The second kappa shape index (κ2) is 12.1. The molecular weight excluding hydrogens is 459 g/mol. The van der Waals surface area contributed by atoms with Gasteiger partial charge >= 0.3 is 12.1 Å². The number of hydrogen-bond acceptors (Lipinski definition) is 3. The maximum Gasteiger partial charge on any atom is 0.410 e. The number of rotatable bonds is 6. The van der Waals surface area contributed by atoms with E-state index in [1.165, 1.54) is 24.3 Å². The number of nitrogens with zero attached hydrogens (tertiary/aromatic N) is 1. The van der Waals surface area contributed by atoms with Crippen LogP contribution < -0.4 is 0 Å². The number of amides is 1. The Morgan fingerprint density at radius 2 is 1.71 bits per heavy atom. The maximum absolute atomic E-state index is 13.9. The first-order valence-corrected chi connectivity index (χ1v) is 11.2. The number of carbonyl (C=O) groups is 2. The fourth-order valence-electron chi connectivity index (χ4n) is 3.74. The molecule has 8 heteroatoms. The van der Waals surface area contributed by atoms with Crippen molar-refractivity contribution >= 4 is 12.1 Å². The van der Waals surface area contributed by atoms with Crippen LogP contribution >= 0.6 is 0 Å². The van der Waals surface area contributed by atoms with Crippen molar-refractivity contribution in [1.82, 2.24) is 4.90 Å². The SMILES string of the molecule is CC(c1ccc(-c2ccc(F)cc2F)cc1)N1CCC(CCC(=O)O)OC1=O.Fc1ccccc1. The van der Waals surface area contributed by atoms with Gasteiger partial charge in [-0.1, -0.05) is 42.5 Å². The van der Waals surface area contributed by atoms with Crippen LogP contribution in [-0.4, -0.2) is 34.7 Å². The molecule has 184 valence electrons. The van der Waals surface area contributed by atoms with Gasteiger partial charge in [-0.25, -0.2) is 18.0 Å². The van der Waals surface area contributed by atoms with Crippen molar-refractivity contribution in [2.45, 2.75) is 38.3 Å². The molecule has 4 rings (SSSR count). The molecule has 0 bridgehead atoms. The molecule has 1 heterocycles. The molecule has 2 atom stereocenters. The molecule has 0 saturated carbocycles. The third kappa shape index (κ3) is 7.34. The highest BCUT2D eigenvalue weighted by Crippen LogP contribution is 2.29. The smallest absolute Gasteiger partial charge is 0.410 e. The topological polar surface area (TPSA) is 66.8 Å². The molecule has 0 spiro atoms. The second-order valence-corrected chi connectivity index (χ2v) is 8.14. The van der Waals surface area contributed by atoms with Gasteiger partial charge in [0, 0.05) is 31.0 Å². The molecule has 0 radical (unpaired) electrons. The molecule has 35 heavy (non-hydrogen) atoms. The molecule has 1 N–H and O–H groups in total. The molecule has 0 aromatic heterocycles. The second-order valence-electron chi connectivity index (χ2n) is 8.14. The van der Waals surface area contributed by atoms with E-state index in [1.54, 1.807) is 47.4 Å². The molecular formula is C27H26F3NO4. The van der Waals surface area contributed by atoms with Gasteiger partial charge in [-0.3, -0.25) is 4.79 Å². The van der Waals surface area contributed by atoms with Gasteiger partial charge in [0.05, 0.1) is 6.04 Å². The lowest BCUT2D eigenvalue weighted by Crippen LogP contribution is -2.43. The van der Waals surface area contributed by atoms with Gasteiger partial charge in [0.2, 0.25) is 0 Å². The predicted molar refractivity (Wildman–Crippen MR) is 125 cm³/mol. The van der Waals surface area contributed by atoms with E-state index in [4.69, 9.17) is 9.84 Å². The van der Waals surface area contributed by atoms with E-state index < -0.39 is 23.7 Å². The number of carbonyl (C=O) groups excluding carboxylic acids is 1. The third-order valence-electron chi connectivity index (χ3n) is 5.71. The number of carboxylic acids is 1. The highest BCUT2D eigenvalue weighted by molar-refractivity contribution is 5.70. The Morgan fingerprint density at radius 1 is 1.03 bits per heavy atom. The molecule has 2 unspecified atom stereocenters. The number of hydrogen-bond donors (Lipinski definition) is 1. The van der Waals surface area contributed by atoms with E-state index in [0.717, 1.165) is 11.6 Å². The normalized spacial score (nSPS) is 16.1. The maximum atomic E-state index is 13.9.